The third-order valence-corrected chi connectivity index (χ3v) is 4.20. The summed E-state index contributed by atoms with van der Waals surface area (Å²) in [5.74, 6) is 0.366. The minimum absolute atomic E-state index is 0.207. The molecule has 21 heavy (non-hydrogen) atoms. The second-order valence-electron chi connectivity index (χ2n) is 4.28. The normalized spacial score (nSPS) is 10.6. The Hall–Kier alpha value is -1.73. The summed E-state index contributed by atoms with van der Waals surface area (Å²) in [5, 5.41) is 0.445. The summed E-state index contributed by atoms with van der Waals surface area (Å²) >= 11 is 8.12. The van der Waals surface area contributed by atoms with Gasteiger partial charge in [-0.05, 0) is 34.7 Å². The van der Waals surface area contributed by atoms with Gasteiger partial charge in [0.1, 0.15) is 9.26 Å². The molecule has 0 aliphatic rings. The Balaban J connectivity index is 2.24. The minimum Gasteiger partial charge on any atom is -0.304 e. The van der Waals surface area contributed by atoms with Gasteiger partial charge in [-0.2, -0.15) is 0 Å². The molecular formula is C15H9ClIN3O. The van der Waals surface area contributed by atoms with Gasteiger partial charge in [-0.3, -0.25) is 9.78 Å². The van der Waals surface area contributed by atoms with Crippen LogP contribution >= 0.6 is 34.2 Å². The third kappa shape index (κ3) is 2.84. The second-order valence-corrected chi connectivity index (χ2v) is 5.76. The highest BCUT2D eigenvalue weighted by Gasteiger charge is 2.14. The highest BCUT2D eigenvalue weighted by Crippen LogP contribution is 2.25. The topological polar surface area (TPSA) is 58.6 Å². The van der Waals surface area contributed by atoms with Gasteiger partial charge in [0.2, 0.25) is 0 Å². The highest BCUT2D eigenvalue weighted by molar-refractivity contribution is 14.1. The summed E-state index contributed by atoms with van der Waals surface area (Å²) in [6, 6.07) is 13.0. The first-order valence-electron chi connectivity index (χ1n) is 6.13. The molecule has 6 heteroatoms. The number of halogens is 2. The Morgan fingerprint density at radius 2 is 1.81 bits per heavy atom. The predicted molar refractivity (Wildman–Crippen MR) is 91.3 cm³/mol. The Bertz CT molecular complexity index is 849. The number of pyridine rings is 1. The summed E-state index contributed by atoms with van der Waals surface area (Å²) in [6.07, 6.45) is 1.61. The van der Waals surface area contributed by atoms with Gasteiger partial charge in [0.25, 0.3) is 5.56 Å². The summed E-state index contributed by atoms with van der Waals surface area (Å²) < 4.78 is 0.537. The van der Waals surface area contributed by atoms with Gasteiger partial charge in [0, 0.05) is 11.8 Å². The van der Waals surface area contributed by atoms with Crippen molar-refractivity contribution in [2.75, 3.05) is 0 Å². The van der Waals surface area contributed by atoms with Crippen LogP contribution < -0.4 is 5.56 Å². The number of aromatic amines is 1. The van der Waals surface area contributed by atoms with Crippen LogP contribution in [-0.2, 0) is 0 Å². The summed E-state index contributed by atoms with van der Waals surface area (Å²) in [4.78, 5) is 23.6. The van der Waals surface area contributed by atoms with Gasteiger partial charge < -0.3 is 4.98 Å². The number of nitrogens with zero attached hydrogens (tertiary/aromatic N) is 2. The Kier molecular flexibility index (Phi) is 4.03. The predicted octanol–water partition coefficient (Wildman–Crippen LogP) is 3.76. The van der Waals surface area contributed by atoms with Crippen molar-refractivity contribution in [3.8, 4) is 22.8 Å². The number of H-pyrrole nitrogens is 1. The molecule has 2 aromatic heterocycles. The fraction of sp³-hybridized carbons (Fsp3) is 0. The minimum atomic E-state index is -0.207. The zero-order chi connectivity index (χ0) is 14.8. The SMILES string of the molecule is O=c1[nH]c(-c2ncccc2Cl)nc(-c2ccccc2)c1I. The number of aromatic nitrogens is 3. The van der Waals surface area contributed by atoms with Crippen molar-refractivity contribution in [3.05, 3.63) is 67.6 Å². The van der Waals surface area contributed by atoms with Crippen molar-refractivity contribution >= 4 is 34.2 Å². The van der Waals surface area contributed by atoms with Crippen LogP contribution in [0.5, 0.6) is 0 Å². The number of nitrogens with one attached hydrogen (secondary N) is 1. The van der Waals surface area contributed by atoms with Crippen LogP contribution in [0.25, 0.3) is 22.8 Å². The Morgan fingerprint density at radius 3 is 2.52 bits per heavy atom. The smallest absolute Gasteiger partial charge is 0.265 e. The molecule has 0 fully saturated rings. The zero-order valence-electron chi connectivity index (χ0n) is 10.7. The zero-order valence-corrected chi connectivity index (χ0v) is 13.6. The maximum absolute atomic E-state index is 12.1. The first-order chi connectivity index (χ1) is 10.2. The van der Waals surface area contributed by atoms with Crippen LogP contribution in [0.1, 0.15) is 0 Å². The Morgan fingerprint density at radius 1 is 1.05 bits per heavy atom. The van der Waals surface area contributed by atoms with E-state index in [9.17, 15) is 4.79 Å². The lowest BCUT2D eigenvalue weighted by Crippen LogP contribution is -2.15. The van der Waals surface area contributed by atoms with Crippen LogP contribution in [-0.4, -0.2) is 15.0 Å². The second kappa shape index (κ2) is 5.95. The number of hydrogen-bond acceptors (Lipinski definition) is 3. The standard InChI is InChI=1S/C15H9ClIN3O/c16-10-7-4-8-18-13(10)14-19-12(11(17)15(21)20-14)9-5-2-1-3-6-9/h1-8H,(H,19,20,21). The lowest BCUT2D eigenvalue weighted by Gasteiger charge is -2.07. The lowest BCUT2D eigenvalue weighted by molar-refractivity contribution is 1.09. The van der Waals surface area contributed by atoms with Gasteiger partial charge >= 0.3 is 0 Å². The van der Waals surface area contributed by atoms with Crippen molar-refractivity contribution in [1.82, 2.24) is 15.0 Å². The van der Waals surface area contributed by atoms with E-state index in [2.05, 4.69) is 15.0 Å². The molecule has 0 saturated carbocycles. The quantitative estimate of drug-likeness (QED) is 0.656. The van der Waals surface area contributed by atoms with Crippen LogP contribution in [0.3, 0.4) is 0 Å². The van der Waals surface area contributed by atoms with E-state index in [0.717, 1.165) is 5.56 Å². The molecule has 0 saturated heterocycles. The molecule has 0 bridgehead atoms. The van der Waals surface area contributed by atoms with E-state index in [4.69, 9.17) is 11.6 Å². The number of rotatable bonds is 2. The van der Waals surface area contributed by atoms with Gasteiger partial charge in [-0.25, -0.2) is 4.98 Å². The molecule has 0 atom stereocenters. The average Bonchev–Trinajstić information content (AvgIpc) is 2.51. The molecule has 0 spiro atoms. The molecule has 4 nitrogen and oxygen atoms in total. The molecule has 0 amide bonds. The third-order valence-electron chi connectivity index (χ3n) is 2.89. The molecule has 0 radical (unpaired) electrons. The van der Waals surface area contributed by atoms with Gasteiger partial charge in [0.15, 0.2) is 5.82 Å². The molecule has 3 aromatic rings. The molecule has 0 aliphatic carbocycles. The first-order valence-corrected chi connectivity index (χ1v) is 7.58. The van der Waals surface area contributed by atoms with Crippen LogP contribution in [0.15, 0.2) is 53.5 Å². The Labute approximate surface area is 139 Å². The van der Waals surface area contributed by atoms with Gasteiger partial charge in [0.05, 0.1) is 10.7 Å². The van der Waals surface area contributed by atoms with Crippen molar-refractivity contribution in [1.29, 1.82) is 0 Å². The van der Waals surface area contributed by atoms with E-state index in [0.29, 0.717) is 25.8 Å². The summed E-state index contributed by atoms with van der Waals surface area (Å²) in [5.41, 5.74) is 1.75. The highest BCUT2D eigenvalue weighted by atomic mass is 127. The molecule has 0 unspecified atom stereocenters. The molecule has 0 aliphatic heterocycles. The van der Waals surface area contributed by atoms with Crippen LogP contribution in [0.2, 0.25) is 5.02 Å². The molecule has 1 N–H and O–H groups in total. The molecule has 104 valence electrons. The first kappa shape index (κ1) is 14.2. The monoisotopic (exact) mass is 409 g/mol. The fourth-order valence-electron chi connectivity index (χ4n) is 1.92. The fourth-order valence-corrected chi connectivity index (χ4v) is 2.70. The summed E-state index contributed by atoms with van der Waals surface area (Å²) in [7, 11) is 0. The van der Waals surface area contributed by atoms with Crippen molar-refractivity contribution in [3.63, 3.8) is 0 Å². The molecule has 3 rings (SSSR count). The molecule has 1 aromatic carbocycles. The van der Waals surface area contributed by atoms with E-state index in [1.807, 2.05) is 52.9 Å². The lowest BCUT2D eigenvalue weighted by atomic mass is 10.1. The van der Waals surface area contributed by atoms with Crippen molar-refractivity contribution in [2.24, 2.45) is 0 Å². The number of benzene rings is 1. The maximum atomic E-state index is 12.1. The van der Waals surface area contributed by atoms with Crippen molar-refractivity contribution in [2.45, 2.75) is 0 Å². The molecule has 2 heterocycles. The van der Waals surface area contributed by atoms with E-state index < -0.39 is 0 Å². The maximum Gasteiger partial charge on any atom is 0.265 e. The number of hydrogen-bond donors (Lipinski definition) is 1. The summed E-state index contributed by atoms with van der Waals surface area (Å²) in [6.45, 7) is 0. The van der Waals surface area contributed by atoms with E-state index in [-0.39, 0.29) is 5.56 Å². The van der Waals surface area contributed by atoms with Gasteiger partial charge in [-0.15, -0.1) is 0 Å². The van der Waals surface area contributed by atoms with Gasteiger partial charge in [-0.1, -0.05) is 41.9 Å². The van der Waals surface area contributed by atoms with E-state index in [1.54, 1.807) is 18.3 Å². The average molecular weight is 410 g/mol. The molecular weight excluding hydrogens is 401 g/mol. The van der Waals surface area contributed by atoms with E-state index >= 15 is 0 Å². The van der Waals surface area contributed by atoms with Crippen molar-refractivity contribution < 1.29 is 0 Å². The van der Waals surface area contributed by atoms with E-state index in [1.165, 1.54) is 0 Å². The van der Waals surface area contributed by atoms with Crippen LogP contribution in [0, 0.1) is 3.57 Å². The largest absolute Gasteiger partial charge is 0.304 e. The van der Waals surface area contributed by atoms with Crippen LogP contribution in [0.4, 0.5) is 0 Å².